The number of imidazole rings is 1. The van der Waals surface area contributed by atoms with Crippen LogP contribution < -0.4 is 10.7 Å². The number of fused-ring (bicyclic) bond motifs is 1. The molecule has 8 nitrogen and oxygen atoms in total. The largest absolute Gasteiger partial charge is 0.480 e. The predicted octanol–water partition coefficient (Wildman–Crippen LogP) is 1.34. The topological polar surface area (TPSA) is 125 Å². The number of aliphatic carboxylic acids is 1. The van der Waals surface area contributed by atoms with Crippen LogP contribution in [0, 0.1) is 0 Å². The molecule has 0 radical (unpaired) electrons. The van der Waals surface area contributed by atoms with Crippen LogP contribution in [0.15, 0.2) is 58.3 Å². The Kier molecular flexibility index (Phi) is 4.93. The zero-order valence-electron chi connectivity index (χ0n) is 13.5. The lowest BCUT2D eigenvalue weighted by Crippen LogP contribution is -2.41. The summed E-state index contributed by atoms with van der Waals surface area (Å²) in [7, 11) is 0. The molecule has 8 heteroatoms. The van der Waals surface area contributed by atoms with Crippen LogP contribution in [0.5, 0.6) is 0 Å². The average molecular weight is 353 g/mol. The Bertz CT molecular complexity index is 1020. The zero-order chi connectivity index (χ0) is 18.5. The Balaban J connectivity index is 1.73. The van der Waals surface area contributed by atoms with Gasteiger partial charge >= 0.3 is 5.97 Å². The molecule has 0 aliphatic rings. The lowest BCUT2D eigenvalue weighted by Gasteiger charge is -2.11. The van der Waals surface area contributed by atoms with Gasteiger partial charge in [0.25, 0.3) is 0 Å². The summed E-state index contributed by atoms with van der Waals surface area (Å²) in [5.74, 6) is -1.81. The van der Waals surface area contributed by atoms with Gasteiger partial charge in [-0.05, 0) is 18.2 Å². The summed E-state index contributed by atoms with van der Waals surface area (Å²) in [5.41, 5.74) is 0.948. The number of aromatic nitrogens is 2. The molecule has 1 aromatic carbocycles. The molecule has 2 heterocycles. The van der Waals surface area contributed by atoms with Gasteiger partial charge in [-0.25, -0.2) is 9.78 Å². The molecule has 1 amide bonds. The van der Waals surface area contributed by atoms with Gasteiger partial charge in [0.05, 0.1) is 17.3 Å². The van der Waals surface area contributed by atoms with E-state index in [9.17, 15) is 19.5 Å². The van der Waals surface area contributed by atoms with E-state index in [-0.39, 0.29) is 17.4 Å². The van der Waals surface area contributed by atoms with E-state index in [1.54, 1.807) is 24.3 Å². The number of hydrogen-bond donors (Lipinski definition) is 3. The third kappa shape index (κ3) is 3.86. The van der Waals surface area contributed by atoms with Crippen molar-refractivity contribution in [2.24, 2.45) is 0 Å². The van der Waals surface area contributed by atoms with Crippen molar-refractivity contribution in [3.8, 4) is 0 Å². The molecule has 0 fully saturated rings. The number of nitrogens with one attached hydrogen (secondary N) is 2. The molecule has 0 bridgehead atoms. The fraction of sp³-hybridized carbons (Fsp3) is 0.111. The summed E-state index contributed by atoms with van der Waals surface area (Å²) < 4.78 is 5.36. The molecule has 2 aromatic heterocycles. The van der Waals surface area contributed by atoms with Crippen molar-refractivity contribution in [2.75, 3.05) is 0 Å². The minimum Gasteiger partial charge on any atom is -0.480 e. The van der Waals surface area contributed by atoms with Crippen molar-refractivity contribution in [1.29, 1.82) is 0 Å². The van der Waals surface area contributed by atoms with Gasteiger partial charge in [0, 0.05) is 24.4 Å². The van der Waals surface area contributed by atoms with Crippen molar-refractivity contribution >= 4 is 28.9 Å². The highest BCUT2D eigenvalue weighted by Crippen LogP contribution is 2.11. The van der Waals surface area contributed by atoms with Gasteiger partial charge in [0.1, 0.15) is 17.9 Å². The number of nitrogens with zero attached hydrogens (tertiary/aromatic N) is 1. The van der Waals surface area contributed by atoms with Gasteiger partial charge in [0.15, 0.2) is 5.43 Å². The van der Waals surface area contributed by atoms with Crippen molar-refractivity contribution in [2.45, 2.75) is 12.5 Å². The Labute approximate surface area is 147 Å². The number of H-pyrrole nitrogens is 1. The van der Waals surface area contributed by atoms with Crippen LogP contribution in [0.25, 0.3) is 17.0 Å². The van der Waals surface area contributed by atoms with Crippen LogP contribution in [0.3, 0.4) is 0 Å². The molecule has 0 aliphatic heterocycles. The van der Waals surface area contributed by atoms with Gasteiger partial charge in [0.2, 0.25) is 5.91 Å². The van der Waals surface area contributed by atoms with Gasteiger partial charge in [-0.15, -0.1) is 0 Å². The second-order valence-electron chi connectivity index (χ2n) is 5.53. The highest BCUT2D eigenvalue weighted by atomic mass is 16.4. The van der Waals surface area contributed by atoms with E-state index in [4.69, 9.17) is 4.42 Å². The predicted molar refractivity (Wildman–Crippen MR) is 93.4 cm³/mol. The van der Waals surface area contributed by atoms with Crippen molar-refractivity contribution in [3.05, 3.63) is 70.6 Å². The van der Waals surface area contributed by atoms with E-state index in [1.807, 2.05) is 0 Å². The molecule has 0 saturated carbocycles. The first-order valence-electron chi connectivity index (χ1n) is 7.74. The molecule has 26 heavy (non-hydrogen) atoms. The van der Waals surface area contributed by atoms with E-state index in [0.717, 1.165) is 6.08 Å². The molecule has 0 aliphatic carbocycles. The smallest absolute Gasteiger partial charge is 0.326 e. The maximum atomic E-state index is 12.3. The van der Waals surface area contributed by atoms with Crippen molar-refractivity contribution < 1.29 is 19.1 Å². The number of carboxylic acid groups (broad SMARTS) is 1. The first-order valence-corrected chi connectivity index (χ1v) is 7.74. The fourth-order valence-corrected chi connectivity index (χ4v) is 2.41. The number of carbonyl (C=O) groups is 2. The Morgan fingerprint density at radius 3 is 2.88 bits per heavy atom. The number of aromatic amines is 1. The number of hydrogen-bond acceptors (Lipinski definition) is 5. The SMILES string of the molecule is O=C(/C=C/c1coc2ccccc2c1=O)NC(Cc1cnc[nH]1)C(=O)O. The van der Waals surface area contributed by atoms with E-state index >= 15 is 0 Å². The molecule has 1 atom stereocenters. The van der Waals surface area contributed by atoms with Gasteiger partial charge in [-0.3, -0.25) is 9.59 Å². The number of carboxylic acids is 1. The number of rotatable bonds is 6. The molecule has 0 spiro atoms. The van der Waals surface area contributed by atoms with Crippen LogP contribution in [-0.2, 0) is 16.0 Å². The zero-order valence-corrected chi connectivity index (χ0v) is 13.5. The molecule has 3 aromatic rings. The minimum absolute atomic E-state index is 0.0625. The van der Waals surface area contributed by atoms with Gasteiger partial charge < -0.3 is 19.8 Å². The summed E-state index contributed by atoms with van der Waals surface area (Å²) in [5, 5.41) is 12.0. The third-order valence-electron chi connectivity index (χ3n) is 3.71. The Morgan fingerprint density at radius 2 is 2.15 bits per heavy atom. The Hall–Kier alpha value is -3.68. The van der Waals surface area contributed by atoms with Gasteiger partial charge in [-0.2, -0.15) is 0 Å². The van der Waals surface area contributed by atoms with E-state index in [2.05, 4.69) is 15.3 Å². The van der Waals surface area contributed by atoms with Gasteiger partial charge in [-0.1, -0.05) is 12.1 Å². The van der Waals surface area contributed by atoms with Crippen LogP contribution in [0.4, 0.5) is 0 Å². The lowest BCUT2D eigenvalue weighted by molar-refractivity contribution is -0.141. The summed E-state index contributed by atoms with van der Waals surface area (Å²) >= 11 is 0. The quantitative estimate of drug-likeness (QED) is 0.574. The van der Waals surface area contributed by atoms with E-state index in [1.165, 1.54) is 24.9 Å². The van der Waals surface area contributed by atoms with Crippen LogP contribution >= 0.6 is 0 Å². The number of benzene rings is 1. The summed E-state index contributed by atoms with van der Waals surface area (Å²) in [4.78, 5) is 42.2. The normalized spacial score (nSPS) is 12.3. The highest BCUT2D eigenvalue weighted by Gasteiger charge is 2.20. The van der Waals surface area contributed by atoms with Crippen molar-refractivity contribution in [1.82, 2.24) is 15.3 Å². The molecule has 1 unspecified atom stereocenters. The maximum absolute atomic E-state index is 12.3. The van der Waals surface area contributed by atoms with Crippen LogP contribution in [-0.4, -0.2) is 33.0 Å². The number of carbonyl (C=O) groups excluding carboxylic acids is 1. The highest BCUT2D eigenvalue weighted by molar-refractivity contribution is 5.94. The third-order valence-corrected chi connectivity index (χ3v) is 3.71. The monoisotopic (exact) mass is 353 g/mol. The second-order valence-corrected chi connectivity index (χ2v) is 5.53. The average Bonchev–Trinajstić information content (AvgIpc) is 3.14. The van der Waals surface area contributed by atoms with E-state index in [0.29, 0.717) is 16.7 Å². The molecular weight excluding hydrogens is 338 g/mol. The molecular formula is C18H15N3O5. The molecule has 0 saturated heterocycles. The molecule has 3 rings (SSSR count). The summed E-state index contributed by atoms with van der Waals surface area (Å²) in [6, 6.07) is 5.64. The minimum atomic E-state index is -1.17. The molecule has 3 N–H and O–H groups in total. The summed E-state index contributed by atoms with van der Waals surface area (Å²) in [6.45, 7) is 0. The van der Waals surface area contributed by atoms with Crippen molar-refractivity contribution in [3.63, 3.8) is 0 Å². The number of para-hydroxylation sites is 1. The van der Waals surface area contributed by atoms with E-state index < -0.39 is 17.9 Å². The molecule has 132 valence electrons. The maximum Gasteiger partial charge on any atom is 0.326 e. The second kappa shape index (κ2) is 7.47. The first kappa shape index (κ1) is 17.2. The number of amides is 1. The fourth-order valence-electron chi connectivity index (χ4n) is 2.41. The lowest BCUT2D eigenvalue weighted by atomic mass is 10.1. The first-order chi connectivity index (χ1) is 12.5. The van der Waals surface area contributed by atoms with Crippen LogP contribution in [0.1, 0.15) is 11.3 Å². The standard InChI is InChI=1S/C18H15N3O5/c22-16(21-14(18(24)25)7-12-8-19-10-20-12)6-5-11-9-26-15-4-2-1-3-13(15)17(11)23/h1-6,8-10,14H,7H2,(H,19,20)(H,21,22)(H,24,25)/b6-5+. The Morgan fingerprint density at radius 1 is 1.35 bits per heavy atom. The van der Waals surface area contributed by atoms with Crippen LogP contribution in [0.2, 0.25) is 0 Å². The summed E-state index contributed by atoms with van der Waals surface area (Å²) in [6.07, 6.45) is 6.63.